The van der Waals surface area contributed by atoms with E-state index in [2.05, 4.69) is 26.0 Å². The van der Waals surface area contributed by atoms with E-state index in [4.69, 9.17) is 0 Å². The molecule has 0 amide bonds. The normalized spacial score (nSPS) is 22.8. The Morgan fingerprint density at radius 2 is 1.89 bits per heavy atom. The van der Waals surface area contributed by atoms with Gasteiger partial charge in [-0.3, -0.25) is 4.79 Å². The van der Waals surface area contributed by atoms with Crippen LogP contribution in [0.15, 0.2) is 24.3 Å². The number of aliphatic carboxylic acids is 1. The van der Waals surface area contributed by atoms with Crippen molar-refractivity contribution in [2.24, 2.45) is 11.3 Å². The first kappa shape index (κ1) is 13.1. The Morgan fingerprint density at radius 1 is 1.28 bits per heavy atom. The van der Waals surface area contributed by atoms with Gasteiger partial charge in [0.15, 0.2) is 0 Å². The Hall–Kier alpha value is -1.31. The Labute approximate surface area is 109 Å². The first-order valence-corrected chi connectivity index (χ1v) is 6.94. The van der Waals surface area contributed by atoms with Crippen molar-refractivity contribution in [1.82, 2.24) is 0 Å². The Bertz CT molecular complexity index is 434. The maximum Gasteiger partial charge on any atom is 0.310 e. The molecule has 0 saturated carbocycles. The SMILES string of the molecule is CCC(CC)C1(C(=O)O)CCc2ccccc2C1. The topological polar surface area (TPSA) is 37.3 Å². The van der Waals surface area contributed by atoms with E-state index in [1.807, 2.05) is 12.1 Å². The van der Waals surface area contributed by atoms with E-state index in [1.54, 1.807) is 0 Å². The molecule has 1 aromatic rings. The summed E-state index contributed by atoms with van der Waals surface area (Å²) in [5.74, 6) is -0.325. The summed E-state index contributed by atoms with van der Waals surface area (Å²) < 4.78 is 0. The molecule has 0 heterocycles. The number of benzene rings is 1. The second kappa shape index (κ2) is 5.13. The third kappa shape index (κ3) is 2.05. The van der Waals surface area contributed by atoms with E-state index in [0.717, 1.165) is 25.7 Å². The molecule has 1 aliphatic rings. The zero-order valence-corrected chi connectivity index (χ0v) is 11.3. The minimum atomic E-state index is -0.606. The molecule has 0 aliphatic heterocycles. The zero-order valence-electron chi connectivity index (χ0n) is 11.3. The highest BCUT2D eigenvalue weighted by Gasteiger charge is 2.46. The lowest BCUT2D eigenvalue weighted by atomic mass is 9.63. The number of hydrogen-bond acceptors (Lipinski definition) is 1. The minimum absolute atomic E-state index is 0.281. The van der Waals surface area contributed by atoms with Crippen molar-refractivity contribution in [1.29, 1.82) is 0 Å². The molecule has 98 valence electrons. The predicted molar refractivity (Wildman–Crippen MR) is 72.6 cm³/mol. The molecule has 0 aromatic heterocycles. The van der Waals surface area contributed by atoms with E-state index in [-0.39, 0.29) is 5.92 Å². The molecule has 1 unspecified atom stereocenters. The van der Waals surface area contributed by atoms with Crippen LogP contribution in [0, 0.1) is 11.3 Å². The third-order valence-corrected chi connectivity index (χ3v) is 4.66. The summed E-state index contributed by atoms with van der Waals surface area (Å²) in [5.41, 5.74) is 2.02. The van der Waals surface area contributed by atoms with Crippen molar-refractivity contribution < 1.29 is 9.90 Å². The van der Waals surface area contributed by atoms with Gasteiger partial charge in [0.1, 0.15) is 0 Å². The summed E-state index contributed by atoms with van der Waals surface area (Å²) in [6.07, 6.45) is 4.28. The van der Waals surface area contributed by atoms with Crippen LogP contribution in [-0.4, -0.2) is 11.1 Å². The van der Waals surface area contributed by atoms with E-state index in [1.165, 1.54) is 11.1 Å². The Kier molecular flexibility index (Phi) is 3.74. The van der Waals surface area contributed by atoms with Crippen molar-refractivity contribution in [2.45, 2.75) is 46.0 Å². The minimum Gasteiger partial charge on any atom is -0.481 e. The van der Waals surface area contributed by atoms with Crippen molar-refractivity contribution in [3.63, 3.8) is 0 Å². The molecule has 2 rings (SSSR count). The largest absolute Gasteiger partial charge is 0.481 e. The van der Waals surface area contributed by atoms with Gasteiger partial charge in [-0.15, -0.1) is 0 Å². The summed E-state index contributed by atoms with van der Waals surface area (Å²) >= 11 is 0. The fraction of sp³-hybridized carbons (Fsp3) is 0.562. The number of fused-ring (bicyclic) bond motifs is 1. The van der Waals surface area contributed by atoms with Gasteiger partial charge in [0, 0.05) is 0 Å². The maximum absolute atomic E-state index is 11.8. The average Bonchev–Trinajstić information content (AvgIpc) is 2.39. The third-order valence-electron chi connectivity index (χ3n) is 4.66. The standard InChI is InChI=1S/C16H22O2/c1-3-14(4-2)16(15(17)18)10-9-12-7-5-6-8-13(12)11-16/h5-8,14H,3-4,9-11H2,1-2H3,(H,17,18). The molecule has 1 aliphatic carbocycles. The molecule has 1 N–H and O–H groups in total. The van der Waals surface area contributed by atoms with Gasteiger partial charge in [-0.05, 0) is 36.3 Å². The first-order valence-electron chi connectivity index (χ1n) is 6.94. The molecular formula is C16H22O2. The van der Waals surface area contributed by atoms with Crippen molar-refractivity contribution in [2.75, 3.05) is 0 Å². The van der Waals surface area contributed by atoms with Crippen LogP contribution in [0.4, 0.5) is 0 Å². The number of carboxylic acids is 1. The fourth-order valence-corrected chi connectivity index (χ4v) is 3.54. The molecule has 2 nitrogen and oxygen atoms in total. The second-order valence-corrected chi connectivity index (χ2v) is 5.42. The summed E-state index contributed by atoms with van der Waals surface area (Å²) in [5, 5.41) is 9.75. The van der Waals surface area contributed by atoms with Crippen molar-refractivity contribution >= 4 is 5.97 Å². The Morgan fingerprint density at radius 3 is 2.44 bits per heavy atom. The van der Waals surface area contributed by atoms with Gasteiger partial charge in [0.25, 0.3) is 0 Å². The molecule has 0 bridgehead atoms. The van der Waals surface area contributed by atoms with Gasteiger partial charge in [0.2, 0.25) is 0 Å². The van der Waals surface area contributed by atoms with Crippen molar-refractivity contribution in [3.05, 3.63) is 35.4 Å². The van der Waals surface area contributed by atoms with Gasteiger partial charge in [-0.2, -0.15) is 0 Å². The predicted octanol–water partition coefficient (Wildman–Crippen LogP) is 3.68. The van der Waals surface area contributed by atoms with E-state index >= 15 is 0 Å². The molecule has 2 heteroatoms. The molecule has 0 radical (unpaired) electrons. The molecule has 1 aromatic carbocycles. The highest BCUT2D eigenvalue weighted by Crippen LogP contribution is 2.44. The fourth-order valence-electron chi connectivity index (χ4n) is 3.54. The molecule has 0 fully saturated rings. The summed E-state index contributed by atoms with van der Waals surface area (Å²) in [7, 11) is 0. The van der Waals surface area contributed by atoms with Crippen LogP contribution in [0.3, 0.4) is 0 Å². The first-order chi connectivity index (χ1) is 8.64. The monoisotopic (exact) mass is 246 g/mol. The number of carboxylic acid groups (broad SMARTS) is 1. The lowest BCUT2D eigenvalue weighted by molar-refractivity contribution is -0.154. The zero-order chi connectivity index (χ0) is 13.2. The van der Waals surface area contributed by atoms with Crippen LogP contribution in [0.5, 0.6) is 0 Å². The van der Waals surface area contributed by atoms with Gasteiger partial charge in [-0.25, -0.2) is 0 Å². The lowest BCUT2D eigenvalue weighted by Gasteiger charge is -2.40. The lowest BCUT2D eigenvalue weighted by Crippen LogP contribution is -2.43. The van der Waals surface area contributed by atoms with Crippen LogP contribution in [0.1, 0.15) is 44.2 Å². The number of carbonyl (C=O) groups is 1. The maximum atomic E-state index is 11.8. The van der Waals surface area contributed by atoms with E-state index < -0.39 is 11.4 Å². The van der Waals surface area contributed by atoms with Crippen LogP contribution >= 0.6 is 0 Å². The number of rotatable bonds is 4. The highest BCUT2D eigenvalue weighted by molar-refractivity contribution is 5.76. The van der Waals surface area contributed by atoms with Gasteiger partial charge in [-0.1, -0.05) is 51.0 Å². The molecule has 18 heavy (non-hydrogen) atoms. The smallest absolute Gasteiger partial charge is 0.310 e. The second-order valence-electron chi connectivity index (χ2n) is 5.42. The molecule has 0 saturated heterocycles. The molecule has 1 atom stereocenters. The summed E-state index contributed by atoms with van der Waals surface area (Å²) in [6.45, 7) is 4.22. The van der Waals surface area contributed by atoms with E-state index in [9.17, 15) is 9.90 Å². The number of aryl methyl sites for hydroxylation is 1. The van der Waals surface area contributed by atoms with E-state index in [0.29, 0.717) is 6.42 Å². The van der Waals surface area contributed by atoms with Gasteiger partial charge < -0.3 is 5.11 Å². The Balaban J connectivity index is 2.38. The summed E-state index contributed by atoms with van der Waals surface area (Å²) in [4.78, 5) is 11.8. The molecule has 0 spiro atoms. The van der Waals surface area contributed by atoms with Crippen molar-refractivity contribution in [3.8, 4) is 0 Å². The highest BCUT2D eigenvalue weighted by atomic mass is 16.4. The van der Waals surface area contributed by atoms with Gasteiger partial charge in [0.05, 0.1) is 5.41 Å². The molecular weight excluding hydrogens is 224 g/mol. The van der Waals surface area contributed by atoms with Crippen LogP contribution in [-0.2, 0) is 17.6 Å². The van der Waals surface area contributed by atoms with Crippen LogP contribution in [0.2, 0.25) is 0 Å². The van der Waals surface area contributed by atoms with Crippen LogP contribution < -0.4 is 0 Å². The van der Waals surface area contributed by atoms with Gasteiger partial charge >= 0.3 is 5.97 Å². The quantitative estimate of drug-likeness (QED) is 0.879. The number of hydrogen-bond donors (Lipinski definition) is 1. The van der Waals surface area contributed by atoms with Crippen LogP contribution in [0.25, 0.3) is 0 Å². The average molecular weight is 246 g/mol. The summed E-state index contributed by atoms with van der Waals surface area (Å²) in [6, 6.07) is 8.29.